The number of fused-ring (bicyclic) bond motifs is 7. The third-order valence-electron chi connectivity index (χ3n) is 8.54. The number of carboxylic acid groups (broad SMARTS) is 1. The smallest absolute Gasteiger partial charge is 0.335 e. The first-order valence-corrected chi connectivity index (χ1v) is 13.6. The maximum atomic E-state index is 16.0. The van der Waals surface area contributed by atoms with Crippen molar-refractivity contribution in [1.29, 1.82) is 0 Å². The molecule has 1 fully saturated rings. The molecular weight excluding hydrogens is 554 g/mol. The molecule has 3 aliphatic heterocycles. The van der Waals surface area contributed by atoms with Crippen LogP contribution in [-0.2, 0) is 16.8 Å². The minimum Gasteiger partial charge on any atom is -0.478 e. The van der Waals surface area contributed by atoms with Crippen molar-refractivity contribution in [3.63, 3.8) is 0 Å². The lowest BCUT2D eigenvalue weighted by molar-refractivity contribution is -0.127. The van der Waals surface area contributed by atoms with E-state index in [-0.39, 0.29) is 30.0 Å². The standard InChI is InChI=1S/C29H23Cl2FN4O3.CH4/c1-2-10-35-23-13-22-16-8-6-14(27(37)38)11-20(16)34-36(22)26(23)24(17-4-3-5-19(31)25(17)32)29(35)18-9-7-15(30)12-21(18)33-28(29)39;/h3-9,11-12,23-24,26H,2,10,13H2,1H3,(H,33,39)(H,37,38);1H4/t23-,24-,26+,29+;/m0./s1. The average Bonchev–Trinajstić information content (AvgIpc) is 3.59. The number of nitrogens with one attached hydrogen (secondary N) is 1. The second-order valence-electron chi connectivity index (χ2n) is 10.4. The van der Waals surface area contributed by atoms with Crippen LogP contribution in [-0.4, -0.2) is 44.3 Å². The van der Waals surface area contributed by atoms with Crippen LogP contribution in [0.1, 0.15) is 59.9 Å². The van der Waals surface area contributed by atoms with Crippen LogP contribution < -0.4 is 5.32 Å². The minimum absolute atomic E-state index is 0. The van der Waals surface area contributed by atoms with Gasteiger partial charge in [0.25, 0.3) is 0 Å². The molecule has 206 valence electrons. The number of benzene rings is 3. The largest absolute Gasteiger partial charge is 0.478 e. The second-order valence-corrected chi connectivity index (χ2v) is 11.3. The maximum absolute atomic E-state index is 16.0. The van der Waals surface area contributed by atoms with Gasteiger partial charge in [-0.3, -0.25) is 14.4 Å². The number of anilines is 1. The summed E-state index contributed by atoms with van der Waals surface area (Å²) < 4.78 is 17.8. The Morgan fingerprint density at radius 3 is 2.75 bits per heavy atom. The lowest BCUT2D eigenvalue weighted by Gasteiger charge is -2.40. The summed E-state index contributed by atoms with van der Waals surface area (Å²) in [6.07, 6.45) is 1.35. The highest BCUT2D eigenvalue weighted by atomic mass is 35.5. The van der Waals surface area contributed by atoms with Crippen molar-refractivity contribution >= 4 is 51.7 Å². The van der Waals surface area contributed by atoms with Crippen molar-refractivity contribution < 1.29 is 19.1 Å². The average molecular weight is 581 g/mol. The van der Waals surface area contributed by atoms with E-state index in [1.54, 1.807) is 42.5 Å². The summed E-state index contributed by atoms with van der Waals surface area (Å²) in [5.41, 5.74) is 2.11. The van der Waals surface area contributed by atoms with E-state index in [9.17, 15) is 14.7 Å². The summed E-state index contributed by atoms with van der Waals surface area (Å²) in [7, 11) is 0. The molecule has 0 aliphatic carbocycles. The fourth-order valence-electron chi connectivity index (χ4n) is 7.21. The predicted octanol–water partition coefficient (Wildman–Crippen LogP) is 6.64. The Hall–Kier alpha value is -3.46. The first-order chi connectivity index (χ1) is 18.8. The van der Waals surface area contributed by atoms with Crippen molar-refractivity contribution in [1.82, 2.24) is 14.7 Å². The van der Waals surface area contributed by atoms with E-state index >= 15 is 4.39 Å². The molecule has 3 aliphatic rings. The first kappa shape index (κ1) is 26.7. The number of halogens is 3. The lowest BCUT2D eigenvalue weighted by Crippen LogP contribution is -2.52. The summed E-state index contributed by atoms with van der Waals surface area (Å²) in [6.45, 7) is 2.66. The molecule has 3 aromatic carbocycles. The van der Waals surface area contributed by atoms with E-state index in [1.807, 2.05) is 10.7 Å². The van der Waals surface area contributed by atoms with E-state index in [0.717, 1.165) is 23.1 Å². The number of hydrogen-bond donors (Lipinski definition) is 2. The van der Waals surface area contributed by atoms with E-state index in [0.29, 0.717) is 34.8 Å². The number of likely N-dealkylation sites (tertiary alicyclic amines) is 1. The van der Waals surface area contributed by atoms with Crippen LogP contribution in [0.4, 0.5) is 10.1 Å². The van der Waals surface area contributed by atoms with Gasteiger partial charge in [0.15, 0.2) is 0 Å². The topological polar surface area (TPSA) is 87.5 Å². The summed E-state index contributed by atoms with van der Waals surface area (Å²) in [4.78, 5) is 28.1. The zero-order chi connectivity index (χ0) is 27.2. The fourth-order valence-corrected chi connectivity index (χ4v) is 7.56. The van der Waals surface area contributed by atoms with Gasteiger partial charge in [-0.1, -0.05) is 61.8 Å². The highest BCUT2D eigenvalue weighted by molar-refractivity contribution is 6.31. The third kappa shape index (κ3) is 3.36. The quantitative estimate of drug-likeness (QED) is 0.282. The van der Waals surface area contributed by atoms with Crippen molar-refractivity contribution in [3.8, 4) is 0 Å². The number of aromatic carboxylic acids is 1. The Morgan fingerprint density at radius 1 is 1.20 bits per heavy atom. The van der Waals surface area contributed by atoms with E-state index < -0.39 is 29.3 Å². The van der Waals surface area contributed by atoms with Crippen LogP contribution in [0.5, 0.6) is 0 Å². The number of rotatable bonds is 4. The molecule has 2 N–H and O–H groups in total. The molecule has 1 amide bonds. The zero-order valence-corrected chi connectivity index (χ0v) is 22.3. The van der Waals surface area contributed by atoms with E-state index in [1.165, 1.54) is 6.07 Å². The number of amides is 1. The molecule has 4 atom stereocenters. The van der Waals surface area contributed by atoms with Crippen LogP contribution in [0.2, 0.25) is 10.0 Å². The molecule has 0 radical (unpaired) electrons. The minimum atomic E-state index is -1.22. The Labute approximate surface area is 240 Å². The molecule has 7 nitrogen and oxygen atoms in total. The summed E-state index contributed by atoms with van der Waals surface area (Å²) in [5, 5.41) is 18.8. The molecule has 0 unspecified atom stereocenters. The van der Waals surface area contributed by atoms with E-state index in [2.05, 4.69) is 17.1 Å². The SMILES string of the molecule is C.CCCN1[C@H]2Cc3c4ccc(C(=O)O)cc4nn3[C@H]2[C@H](c2cccc(Cl)c2F)[C@]12C(=O)Nc1cc(Cl)ccc12. The zero-order valence-electron chi connectivity index (χ0n) is 20.8. The van der Waals surface area contributed by atoms with Gasteiger partial charge < -0.3 is 10.4 Å². The van der Waals surface area contributed by atoms with Crippen LogP contribution >= 0.6 is 23.2 Å². The normalized spacial score (nSPS) is 24.6. The molecule has 1 aromatic heterocycles. The van der Waals surface area contributed by atoms with Crippen molar-refractivity contribution in [2.45, 2.75) is 50.7 Å². The Kier molecular flexibility index (Phi) is 6.22. The first-order valence-electron chi connectivity index (χ1n) is 12.8. The molecule has 4 aromatic rings. The van der Waals surface area contributed by atoms with Crippen molar-refractivity contribution in [2.24, 2.45) is 0 Å². The molecule has 1 spiro atoms. The number of hydrogen-bond acceptors (Lipinski definition) is 4. The molecule has 4 heterocycles. The summed E-state index contributed by atoms with van der Waals surface area (Å²) in [6, 6.07) is 14.6. The number of aromatic nitrogens is 2. The molecule has 1 saturated heterocycles. The van der Waals surface area contributed by atoms with Crippen LogP contribution in [0.15, 0.2) is 54.6 Å². The second kappa shape index (κ2) is 9.29. The highest BCUT2D eigenvalue weighted by Gasteiger charge is 2.69. The molecule has 0 bridgehead atoms. The molecule has 40 heavy (non-hydrogen) atoms. The Balaban J connectivity index is 0.00000289. The van der Waals surface area contributed by atoms with Crippen LogP contribution in [0.25, 0.3) is 10.9 Å². The lowest BCUT2D eigenvalue weighted by atomic mass is 9.73. The molecule has 0 saturated carbocycles. The molecular formula is C30H27Cl2FN4O3. The Morgan fingerprint density at radius 2 is 2.00 bits per heavy atom. The fraction of sp³-hybridized carbons (Fsp3) is 0.300. The highest BCUT2D eigenvalue weighted by Crippen LogP contribution is 2.63. The summed E-state index contributed by atoms with van der Waals surface area (Å²) in [5.74, 6) is -2.51. The van der Waals surface area contributed by atoms with Crippen molar-refractivity contribution in [2.75, 3.05) is 11.9 Å². The monoisotopic (exact) mass is 580 g/mol. The third-order valence-corrected chi connectivity index (χ3v) is 9.07. The van der Waals surface area contributed by atoms with E-state index in [4.69, 9.17) is 28.3 Å². The van der Waals surface area contributed by atoms with Gasteiger partial charge in [-0.15, -0.1) is 0 Å². The van der Waals surface area contributed by atoms with Gasteiger partial charge in [0, 0.05) is 45.7 Å². The van der Waals surface area contributed by atoms with Gasteiger partial charge in [0.1, 0.15) is 11.4 Å². The molecule has 10 heteroatoms. The van der Waals surface area contributed by atoms with Crippen LogP contribution in [0, 0.1) is 5.82 Å². The number of nitrogens with zero attached hydrogens (tertiary/aromatic N) is 3. The Bertz CT molecular complexity index is 1720. The van der Waals surface area contributed by atoms with Gasteiger partial charge in [-0.05, 0) is 48.9 Å². The van der Waals surface area contributed by atoms with Gasteiger partial charge in [-0.2, -0.15) is 5.10 Å². The van der Waals surface area contributed by atoms with Gasteiger partial charge >= 0.3 is 5.97 Å². The number of carbonyl (C=O) groups is 2. The molecule has 7 rings (SSSR count). The predicted molar refractivity (Wildman–Crippen MR) is 153 cm³/mol. The van der Waals surface area contributed by atoms with Crippen LogP contribution in [0.3, 0.4) is 0 Å². The van der Waals surface area contributed by atoms with Crippen molar-refractivity contribution in [3.05, 3.63) is 92.8 Å². The van der Waals surface area contributed by atoms with Gasteiger partial charge in [0.2, 0.25) is 5.91 Å². The number of carboxylic acids is 1. The van der Waals surface area contributed by atoms with Gasteiger partial charge in [0.05, 0.1) is 22.1 Å². The maximum Gasteiger partial charge on any atom is 0.335 e. The van der Waals surface area contributed by atoms with Gasteiger partial charge in [-0.25, -0.2) is 9.18 Å². The summed E-state index contributed by atoms with van der Waals surface area (Å²) >= 11 is 12.6. The number of carbonyl (C=O) groups excluding carboxylic acids is 1.